The fraction of sp³-hybridized carbons (Fsp3) is 0.611. The van der Waals surface area contributed by atoms with Crippen molar-refractivity contribution in [1.29, 1.82) is 0 Å². The maximum atomic E-state index is 12.2. The maximum Gasteiger partial charge on any atom is 0.220 e. The Hall–Kier alpha value is -1.95. The molecule has 1 aromatic rings. The van der Waals surface area contributed by atoms with Crippen molar-refractivity contribution in [1.82, 2.24) is 10.6 Å². The normalized spacial score (nSPS) is 20.3. The zero-order valence-corrected chi connectivity index (χ0v) is 15.0. The Morgan fingerprint density at radius 1 is 1.21 bits per heavy atom. The Bertz CT molecular complexity index is 537. The third kappa shape index (κ3) is 4.54. The van der Waals surface area contributed by atoms with E-state index in [-0.39, 0.29) is 11.9 Å². The van der Waals surface area contributed by atoms with Crippen LogP contribution in [0.2, 0.25) is 0 Å². The molecule has 1 aliphatic heterocycles. The van der Waals surface area contributed by atoms with E-state index in [0.29, 0.717) is 36.1 Å². The van der Waals surface area contributed by atoms with Crippen molar-refractivity contribution >= 4 is 5.91 Å². The van der Waals surface area contributed by atoms with Crippen LogP contribution in [-0.4, -0.2) is 45.9 Å². The molecule has 1 amide bonds. The first-order valence-electron chi connectivity index (χ1n) is 8.40. The highest BCUT2D eigenvalue weighted by Gasteiger charge is 2.22. The second-order valence-corrected chi connectivity index (χ2v) is 6.09. The van der Waals surface area contributed by atoms with Gasteiger partial charge in [-0.1, -0.05) is 0 Å². The lowest BCUT2D eigenvalue weighted by atomic mass is 9.99. The molecule has 1 saturated heterocycles. The Balaban J connectivity index is 1.97. The van der Waals surface area contributed by atoms with Crippen molar-refractivity contribution in [2.75, 3.05) is 27.9 Å². The zero-order valence-electron chi connectivity index (χ0n) is 15.0. The van der Waals surface area contributed by atoms with Crippen LogP contribution in [0.25, 0.3) is 0 Å². The molecule has 24 heavy (non-hydrogen) atoms. The van der Waals surface area contributed by atoms with E-state index in [1.54, 1.807) is 21.3 Å². The number of carbonyl (C=O) groups excluding carboxylic acids is 1. The summed E-state index contributed by atoms with van der Waals surface area (Å²) >= 11 is 0. The molecule has 2 N–H and O–H groups in total. The number of ether oxygens (including phenoxy) is 3. The van der Waals surface area contributed by atoms with Crippen LogP contribution < -0.4 is 24.8 Å². The minimum Gasteiger partial charge on any atom is -0.493 e. The largest absolute Gasteiger partial charge is 0.493 e. The standard InChI is InChI=1S/C18H28N2O4/c1-12-14(6-5-9-19-12)20-17(21)8-7-13-10-15(22-2)18(24-4)16(11-13)23-3/h10-12,14,19H,5-9H2,1-4H3,(H,20,21). The average molecular weight is 336 g/mol. The topological polar surface area (TPSA) is 68.8 Å². The molecule has 2 rings (SSSR count). The fourth-order valence-corrected chi connectivity index (χ4v) is 3.06. The number of hydrogen-bond donors (Lipinski definition) is 2. The van der Waals surface area contributed by atoms with Crippen molar-refractivity contribution in [3.8, 4) is 17.2 Å². The van der Waals surface area contributed by atoms with E-state index in [2.05, 4.69) is 17.6 Å². The lowest BCUT2D eigenvalue weighted by Crippen LogP contribution is -2.51. The molecule has 6 nitrogen and oxygen atoms in total. The Morgan fingerprint density at radius 3 is 2.42 bits per heavy atom. The SMILES string of the molecule is COc1cc(CCC(=O)NC2CCCNC2C)cc(OC)c1OC. The predicted molar refractivity (Wildman–Crippen MR) is 93.0 cm³/mol. The summed E-state index contributed by atoms with van der Waals surface area (Å²) in [6.07, 6.45) is 3.19. The van der Waals surface area contributed by atoms with Gasteiger partial charge in [-0.05, 0) is 50.4 Å². The first-order valence-corrected chi connectivity index (χ1v) is 8.40. The van der Waals surface area contributed by atoms with Gasteiger partial charge in [-0.25, -0.2) is 0 Å². The van der Waals surface area contributed by atoms with Gasteiger partial charge in [0.2, 0.25) is 11.7 Å². The minimum absolute atomic E-state index is 0.0734. The number of amides is 1. The molecule has 2 unspecified atom stereocenters. The molecule has 1 aliphatic rings. The Morgan fingerprint density at radius 2 is 1.88 bits per heavy atom. The second kappa shape index (κ2) is 8.78. The van der Waals surface area contributed by atoms with Crippen molar-refractivity contribution < 1.29 is 19.0 Å². The van der Waals surface area contributed by atoms with E-state index in [4.69, 9.17) is 14.2 Å². The van der Waals surface area contributed by atoms with Crippen LogP contribution in [-0.2, 0) is 11.2 Å². The summed E-state index contributed by atoms with van der Waals surface area (Å²) in [5.41, 5.74) is 0.981. The van der Waals surface area contributed by atoms with Crippen molar-refractivity contribution in [3.05, 3.63) is 17.7 Å². The predicted octanol–water partition coefficient (Wildman–Crippen LogP) is 1.90. The number of benzene rings is 1. The number of aryl methyl sites for hydroxylation is 1. The summed E-state index contributed by atoms with van der Waals surface area (Å²) in [6.45, 7) is 3.14. The molecule has 0 saturated carbocycles. The lowest BCUT2D eigenvalue weighted by Gasteiger charge is -2.30. The van der Waals surface area contributed by atoms with E-state index in [0.717, 1.165) is 24.9 Å². The fourth-order valence-electron chi connectivity index (χ4n) is 3.06. The maximum absolute atomic E-state index is 12.2. The quantitative estimate of drug-likeness (QED) is 0.796. The monoisotopic (exact) mass is 336 g/mol. The van der Waals surface area contributed by atoms with Gasteiger partial charge < -0.3 is 24.8 Å². The number of piperidine rings is 1. The average Bonchev–Trinajstić information content (AvgIpc) is 2.60. The van der Waals surface area contributed by atoms with E-state index in [9.17, 15) is 4.79 Å². The molecule has 0 aromatic heterocycles. The van der Waals surface area contributed by atoms with Gasteiger partial charge in [0.15, 0.2) is 11.5 Å². The lowest BCUT2D eigenvalue weighted by molar-refractivity contribution is -0.122. The van der Waals surface area contributed by atoms with E-state index >= 15 is 0 Å². The van der Waals surface area contributed by atoms with Gasteiger partial charge in [-0.2, -0.15) is 0 Å². The molecule has 2 atom stereocenters. The molecule has 1 aromatic carbocycles. The van der Waals surface area contributed by atoms with E-state index in [1.807, 2.05) is 12.1 Å². The van der Waals surface area contributed by atoms with Crippen LogP contribution in [0.5, 0.6) is 17.2 Å². The summed E-state index contributed by atoms with van der Waals surface area (Å²) in [5, 5.41) is 6.52. The highest BCUT2D eigenvalue weighted by Crippen LogP contribution is 2.38. The Labute approximate surface area is 143 Å². The molecule has 1 heterocycles. The molecule has 0 aliphatic carbocycles. The number of methoxy groups -OCH3 is 3. The molecular formula is C18H28N2O4. The van der Waals surface area contributed by atoms with Crippen LogP contribution >= 0.6 is 0 Å². The number of rotatable bonds is 7. The van der Waals surface area contributed by atoms with Gasteiger partial charge in [0.05, 0.1) is 21.3 Å². The van der Waals surface area contributed by atoms with Crippen molar-refractivity contribution in [3.63, 3.8) is 0 Å². The van der Waals surface area contributed by atoms with Gasteiger partial charge in [-0.15, -0.1) is 0 Å². The zero-order chi connectivity index (χ0) is 17.5. The highest BCUT2D eigenvalue weighted by molar-refractivity contribution is 5.76. The molecular weight excluding hydrogens is 308 g/mol. The summed E-state index contributed by atoms with van der Waals surface area (Å²) < 4.78 is 16.0. The van der Waals surface area contributed by atoms with Gasteiger partial charge >= 0.3 is 0 Å². The smallest absolute Gasteiger partial charge is 0.220 e. The third-order valence-corrected chi connectivity index (χ3v) is 4.47. The number of hydrogen-bond acceptors (Lipinski definition) is 5. The first-order chi connectivity index (χ1) is 11.6. The van der Waals surface area contributed by atoms with E-state index in [1.165, 1.54) is 0 Å². The van der Waals surface area contributed by atoms with Gasteiger partial charge in [0, 0.05) is 18.5 Å². The van der Waals surface area contributed by atoms with Crippen LogP contribution in [0.1, 0.15) is 31.7 Å². The van der Waals surface area contributed by atoms with Crippen LogP contribution in [0, 0.1) is 0 Å². The van der Waals surface area contributed by atoms with Gasteiger partial charge in [-0.3, -0.25) is 4.79 Å². The van der Waals surface area contributed by atoms with E-state index < -0.39 is 0 Å². The Kier molecular flexibility index (Phi) is 6.73. The van der Waals surface area contributed by atoms with Gasteiger partial charge in [0.25, 0.3) is 0 Å². The molecule has 134 valence electrons. The van der Waals surface area contributed by atoms with Gasteiger partial charge in [0.1, 0.15) is 0 Å². The summed E-state index contributed by atoms with van der Waals surface area (Å²) in [5.74, 6) is 1.86. The molecule has 0 bridgehead atoms. The van der Waals surface area contributed by atoms with Crippen LogP contribution in [0.4, 0.5) is 0 Å². The summed E-state index contributed by atoms with van der Waals surface area (Å²) in [7, 11) is 4.75. The van der Waals surface area contributed by atoms with Crippen molar-refractivity contribution in [2.24, 2.45) is 0 Å². The van der Waals surface area contributed by atoms with Crippen LogP contribution in [0.15, 0.2) is 12.1 Å². The first kappa shape index (κ1) is 18.4. The number of carbonyl (C=O) groups is 1. The second-order valence-electron chi connectivity index (χ2n) is 6.09. The molecule has 0 spiro atoms. The minimum atomic E-state index is 0.0734. The molecule has 0 radical (unpaired) electrons. The number of nitrogens with one attached hydrogen (secondary N) is 2. The summed E-state index contributed by atoms with van der Waals surface area (Å²) in [6, 6.07) is 4.31. The highest BCUT2D eigenvalue weighted by atomic mass is 16.5. The summed E-state index contributed by atoms with van der Waals surface area (Å²) in [4.78, 5) is 12.2. The third-order valence-electron chi connectivity index (χ3n) is 4.47. The molecule has 1 fully saturated rings. The van der Waals surface area contributed by atoms with Crippen LogP contribution in [0.3, 0.4) is 0 Å². The molecule has 6 heteroatoms. The van der Waals surface area contributed by atoms with Crippen molar-refractivity contribution in [2.45, 2.75) is 44.7 Å².